The summed E-state index contributed by atoms with van der Waals surface area (Å²) in [5, 5.41) is 0. The molecule has 1 rings (SSSR count). The molecule has 1 aliphatic heterocycles. The zero-order valence-electron chi connectivity index (χ0n) is 9.54. The second-order valence-corrected chi connectivity index (χ2v) is 4.55. The standard InChI is InChI=1S/C12H23NO/c1-11-8-9-12(13(11)2)7-5-3-4-6-10-14/h10-12H,3-9H2,1-2H3/t11-,12+/m1/s1. The molecule has 1 aliphatic rings. The van der Waals surface area contributed by atoms with Crippen LogP contribution < -0.4 is 0 Å². The number of aldehydes is 1. The highest BCUT2D eigenvalue weighted by molar-refractivity contribution is 5.48. The third kappa shape index (κ3) is 3.41. The number of carbonyl (C=O) groups excluding carboxylic acids is 1. The molecule has 1 saturated heterocycles. The number of carbonyl (C=O) groups is 1. The van der Waals surface area contributed by atoms with Crippen LogP contribution in [0, 0.1) is 0 Å². The molecule has 0 bridgehead atoms. The predicted octanol–water partition coefficient (Wildman–Crippen LogP) is 2.62. The number of unbranched alkanes of at least 4 members (excludes halogenated alkanes) is 3. The van der Waals surface area contributed by atoms with Crippen molar-refractivity contribution in [1.29, 1.82) is 0 Å². The van der Waals surface area contributed by atoms with Gasteiger partial charge in [0.05, 0.1) is 0 Å². The topological polar surface area (TPSA) is 20.3 Å². The molecule has 0 amide bonds. The summed E-state index contributed by atoms with van der Waals surface area (Å²) in [6.45, 7) is 2.31. The second kappa shape index (κ2) is 6.18. The van der Waals surface area contributed by atoms with Crippen LogP contribution >= 0.6 is 0 Å². The Morgan fingerprint density at radius 1 is 1.29 bits per heavy atom. The molecule has 0 radical (unpaired) electrons. The SMILES string of the molecule is C[C@@H]1CC[C@H](CCCCCC=O)N1C. The molecular formula is C12H23NO. The van der Waals surface area contributed by atoms with E-state index in [9.17, 15) is 4.79 Å². The van der Waals surface area contributed by atoms with Gasteiger partial charge in [-0.1, -0.05) is 12.8 Å². The summed E-state index contributed by atoms with van der Waals surface area (Å²) in [6, 6.07) is 1.58. The molecule has 1 heterocycles. The summed E-state index contributed by atoms with van der Waals surface area (Å²) in [5.41, 5.74) is 0. The van der Waals surface area contributed by atoms with Crippen LogP contribution in [0.4, 0.5) is 0 Å². The van der Waals surface area contributed by atoms with E-state index < -0.39 is 0 Å². The summed E-state index contributed by atoms with van der Waals surface area (Å²) in [5.74, 6) is 0. The fourth-order valence-corrected chi connectivity index (χ4v) is 2.33. The highest BCUT2D eigenvalue weighted by Gasteiger charge is 2.26. The third-order valence-electron chi connectivity index (χ3n) is 3.55. The van der Waals surface area contributed by atoms with E-state index in [4.69, 9.17) is 0 Å². The molecule has 0 saturated carbocycles. The number of hydrogen-bond donors (Lipinski definition) is 0. The monoisotopic (exact) mass is 197 g/mol. The zero-order valence-corrected chi connectivity index (χ0v) is 9.54. The first kappa shape index (κ1) is 11.7. The lowest BCUT2D eigenvalue weighted by Crippen LogP contribution is -2.30. The van der Waals surface area contributed by atoms with Crippen LogP contribution in [-0.4, -0.2) is 30.3 Å². The zero-order chi connectivity index (χ0) is 10.4. The summed E-state index contributed by atoms with van der Waals surface area (Å²) in [7, 11) is 2.24. The largest absolute Gasteiger partial charge is 0.303 e. The Morgan fingerprint density at radius 3 is 2.64 bits per heavy atom. The molecular weight excluding hydrogens is 174 g/mol. The van der Waals surface area contributed by atoms with E-state index in [1.165, 1.54) is 32.1 Å². The van der Waals surface area contributed by atoms with Crippen LogP contribution in [0.15, 0.2) is 0 Å². The van der Waals surface area contributed by atoms with E-state index in [2.05, 4.69) is 18.9 Å². The minimum Gasteiger partial charge on any atom is -0.303 e. The van der Waals surface area contributed by atoms with Crippen LogP contribution in [-0.2, 0) is 4.79 Å². The van der Waals surface area contributed by atoms with Gasteiger partial charge in [-0.05, 0) is 39.7 Å². The van der Waals surface area contributed by atoms with Gasteiger partial charge in [0, 0.05) is 18.5 Å². The van der Waals surface area contributed by atoms with Crippen molar-refractivity contribution in [2.75, 3.05) is 7.05 Å². The Bertz CT molecular complexity index is 170. The average Bonchev–Trinajstić information content (AvgIpc) is 2.49. The Morgan fingerprint density at radius 2 is 2.07 bits per heavy atom. The van der Waals surface area contributed by atoms with Crippen LogP contribution in [0.2, 0.25) is 0 Å². The maximum atomic E-state index is 10.1. The highest BCUT2D eigenvalue weighted by Crippen LogP contribution is 2.25. The molecule has 2 heteroatoms. The van der Waals surface area contributed by atoms with E-state index in [1.54, 1.807) is 0 Å². The molecule has 0 aromatic heterocycles. The van der Waals surface area contributed by atoms with Crippen molar-refractivity contribution >= 4 is 6.29 Å². The third-order valence-corrected chi connectivity index (χ3v) is 3.55. The van der Waals surface area contributed by atoms with Crippen molar-refractivity contribution in [2.24, 2.45) is 0 Å². The number of hydrogen-bond acceptors (Lipinski definition) is 2. The van der Waals surface area contributed by atoms with Gasteiger partial charge in [-0.15, -0.1) is 0 Å². The van der Waals surface area contributed by atoms with Crippen molar-refractivity contribution in [3.05, 3.63) is 0 Å². The molecule has 0 N–H and O–H groups in total. The summed E-state index contributed by atoms with van der Waals surface area (Å²) in [6.07, 6.45) is 9.41. The lowest BCUT2D eigenvalue weighted by Gasteiger charge is -2.23. The Kier molecular flexibility index (Phi) is 5.16. The Labute approximate surface area is 87.7 Å². The predicted molar refractivity (Wildman–Crippen MR) is 59.4 cm³/mol. The van der Waals surface area contributed by atoms with Gasteiger partial charge in [0.15, 0.2) is 0 Å². The molecule has 2 nitrogen and oxygen atoms in total. The quantitative estimate of drug-likeness (QED) is 0.482. The molecule has 0 unspecified atom stereocenters. The molecule has 14 heavy (non-hydrogen) atoms. The van der Waals surface area contributed by atoms with Gasteiger partial charge in [0.1, 0.15) is 6.29 Å². The smallest absolute Gasteiger partial charge is 0.119 e. The van der Waals surface area contributed by atoms with Crippen molar-refractivity contribution in [2.45, 2.75) is 64.0 Å². The van der Waals surface area contributed by atoms with Crippen LogP contribution in [0.3, 0.4) is 0 Å². The van der Waals surface area contributed by atoms with E-state index in [0.29, 0.717) is 0 Å². The second-order valence-electron chi connectivity index (χ2n) is 4.55. The van der Waals surface area contributed by atoms with E-state index in [0.717, 1.165) is 31.2 Å². The van der Waals surface area contributed by atoms with E-state index in [-0.39, 0.29) is 0 Å². The molecule has 0 spiro atoms. The lowest BCUT2D eigenvalue weighted by atomic mass is 10.1. The van der Waals surface area contributed by atoms with Crippen molar-refractivity contribution in [3.8, 4) is 0 Å². The highest BCUT2D eigenvalue weighted by atomic mass is 16.1. The molecule has 2 atom stereocenters. The van der Waals surface area contributed by atoms with Crippen molar-refractivity contribution < 1.29 is 4.79 Å². The fourth-order valence-electron chi connectivity index (χ4n) is 2.33. The summed E-state index contributed by atoms with van der Waals surface area (Å²) < 4.78 is 0. The molecule has 1 fully saturated rings. The van der Waals surface area contributed by atoms with Gasteiger partial charge in [0.25, 0.3) is 0 Å². The summed E-state index contributed by atoms with van der Waals surface area (Å²) in [4.78, 5) is 12.6. The minimum absolute atomic E-state index is 0.747. The minimum atomic E-state index is 0.747. The number of likely N-dealkylation sites (tertiary alicyclic amines) is 1. The van der Waals surface area contributed by atoms with E-state index in [1.807, 2.05) is 0 Å². The Hall–Kier alpha value is -0.370. The number of rotatable bonds is 6. The van der Waals surface area contributed by atoms with E-state index >= 15 is 0 Å². The first-order chi connectivity index (χ1) is 6.75. The van der Waals surface area contributed by atoms with Crippen LogP contribution in [0.1, 0.15) is 51.9 Å². The molecule has 0 aromatic rings. The van der Waals surface area contributed by atoms with Crippen LogP contribution in [0.5, 0.6) is 0 Å². The average molecular weight is 197 g/mol. The first-order valence-electron chi connectivity index (χ1n) is 5.91. The van der Waals surface area contributed by atoms with Gasteiger partial charge in [-0.25, -0.2) is 0 Å². The van der Waals surface area contributed by atoms with Crippen molar-refractivity contribution in [3.63, 3.8) is 0 Å². The van der Waals surface area contributed by atoms with Gasteiger partial charge >= 0.3 is 0 Å². The molecule has 0 aliphatic carbocycles. The maximum absolute atomic E-state index is 10.1. The van der Waals surface area contributed by atoms with Gasteiger partial charge in [-0.2, -0.15) is 0 Å². The van der Waals surface area contributed by atoms with Gasteiger partial charge in [-0.3, -0.25) is 0 Å². The van der Waals surface area contributed by atoms with Crippen LogP contribution in [0.25, 0.3) is 0 Å². The van der Waals surface area contributed by atoms with Gasteiger partial charge < -0.3 is 9.69 Å². The number of nitrogens with zero attached hydrogens (tertiary/aromatic N) is 1. The molecule has 0 aromatic carbocycles. The van der Waals surface area contributed by atoms with Crippen molar-refractivity contribution in [1.82, 2.24) is 4.90 Å². The molecule has 82 valence electrons. The summed E-state index contributed by atoms with van der Waals surface area (Å²) >= 11 is 0. The lowest BCUT2D eigenvalue weighted by molar-refractivity contribution is -0.107. The Balaban J connectivity index is 2.04. The first-order valence-corrected chi connectivity index (χ1v) is 5.91. The normalized spacial score (nSPS) is 28.1. The maximum Gasteiger partial charge on any atom is 0.119 e. The van der Waals surface area contributed by atoms with Gasteiger partial charge in [0.2, 0.25) is 0 Å². The fraction of sp³-hybridized carbons (Fsp3) is 0.917.